The minimum Gasteiger partial charge on any atom is -0.370 e. The summed E-state index contributed by atoms with van der Waals surface area (Å²) in [6, 6.07) is 3.13. The molecule has 1 aromatic carbocycles. The van der Waals surface area contributed by atoms with Gasteiger partial charge >= 0.3 is 0 Å². The van der Waals surface area contributed by atoms with Gasteiger partial charge in [0, 0.05) is 0 Å². The molecule has 3 nitrogen and oxygen atoms in total. The maximum absolute atomic E-state index is 13.6. The lowest BCUT2D eigenvalue weighted by Gasteiger charge is -2.34. The summed E-state index contributed by atoms with van der Waals surface area (Å²) in [5.74, 6) is -0.615. The van der Waals surface area contributed by atoms with Gasteiger partial charge in [0.15, 0.2) is 0 Å². The predicted octanol–water partition coefficient (Wildman–Crippen LogP) is 2.53. The van der Waals surface area contributed by atoms with Gasteiger partial charge < -0.3 is 10.6 Å². The van der Waals surface area contributed by atoms with Crippen molar-refractivity contribution in [1.82, 2.24) is 0 Å². The van der Waals surface area contributed by atoms with Gasteiger partial charge in [-0.1, -0.05) is 13.0 Å². The molecule has 1 heterocycles. The molecule has 0 saturated carbocycles. The van der Waals surface area contributed by atoms with E-state index in [0.717, 1.165) is 12.0 Å². The van der Waals surface area contributed by atoms with E-state index in [-0.39, 0.29) is 11.6 Å². The zero-order valence-electron chi connectivity index (χ0n) is 9.65. The zero-order valence-corrected chi connectivity index (χ0v) is 9.65. The van der Waals surface area contributed by atoms with Crippen molar-refractivity contribution in [3.63, 3.8) is 0 Å². The minimum absolute atomic E-state index is 0.216. The van der Waals surface area contributed by atoms with Crippen LogP contribution in [0.3, 0.4) is 0 Å². The topological polar surface area (TPSA) is 41.1 Å². The minimum atomic E-state index is -0.704. The number of aryl methyl sites for hydroxylation is 1. The monoisotopic (exact) mass is 222 g/mol. The van der Waals surface area contributed by atoms with Crippen LogP contribution in [0.15, 0.2) is 12.1 Å². The first-order valence-corrected chi connectivity index (χ1v) is 5.36. The van der Waals surface area contributed by atoms with E-state index in [1.807, 2.05) is 6.92 Å². The van der Waals surface area contributed by atoms with Crippen molar-refractivity contribution in [3.05, 3.63) is 23.5 Å². The Labute approximate surface area is 94.0 Å². The van der Waals surface area contributed by atoms with Crippen molar-refractivity contribution < 1.29 is 9.18 Å². The van der Waals surface area contributed by atoms with Crippen LogP contribution in [0, 0.1) is 5.82 Å². The van der Waals surface area contributed by atoms with Gasteiger partial charge in [-0.2, -0.15) is 0 Å². The Morgan fingerprint density at radius 3 is 2.62 bits per heavy atom. The second kappa shape index (κ2) is 3.47. The average Bonchev–Trinajstić information content (AvgIpc) is 2.21. The van der Waals surface area contributed by atoms with Crippen LogP contribution in [-0.4, -0.2) is 11.4 Å². The molecule has 0 aliphatic carbocycles. The van der Waals surface area contributed by atoms with Crippen LogP contribution in [-0.2, 0) is 11.2 Å². The number of rotatable bonds is 1. The third-order valence-corrected chi connectivity index (χ3v) is 2.87. The Balaban J connectivity index is 2.58. The largest absolute Gasteiger partial charge is 0.370 e. The molecule has 0 unspecified atom stereocenters. The molecule has 1 aliphatic heterocycles. The molecule has 0 radical (unpaired) electrons. The zero-order chi connectivity index (χ0) is 11.9. The molecule has 0 bridgehead atoms. The highest BCUT2D eigenvalue weighted by atomic mass is 19.1. The molecular formula is C12H15FN2O. The summed E-state index contributed by atoms with van der Waals surface area (Å²) in [6.07, 6.45) is 0.793. The molecule has 0 atom stereocenters. The number of hydrogen-bond acceptors (Lipinski definition) is 2. The number of anilines is 2. The van der Waals surface area contributed by atoms with Crippen LogP contribution in [0.25, 0.3) is 0 Å². The van der Waals surface area contributed by atoms with Gasteiger partial charge in [-0.3, -0.25) is 4.79 Å². The molecule has 16 heavy (non-hydrogen) atoms. The van der Waals surface area contributed by atoms with Gasteiger partial charge in [-0.15, -0.1) is 0 Å². The molecule has 2 N–H and O–H groups in total. The van der Waals surface area contributed by atoms with Gasteiger partial charge in [0.1, 0.15) is 17.0 Å². The summed E-state index contributed by atoms with van der Waals surface area (Å²) in [4.78, 5) is 11.7. The van der Waals surface area contributed by atoms with Crippen molar-refractivity contribution in [1.29, 1.82) is 0 Å². The van der Waals surface area contributed by atoms with E-state index in [1.54, 1.807) is 19.9 Å². The molecule has 1 aromatic rings. The van der Waals surface area contributed by atoms with Crippen molar-refractivity contribution in [3.8, 4) is 0 Å². The Morgan fingerprint density at radius 1 is 1.31 bits per heavy atom. The van der Waals surface area contributed by atoms with Crippen LogP contribution in [0.2, 0.25) is 0 Å². The van der Waals surface area contributed by atoms with Crippen LogP contribution < -0.4 is 10.6 Å². The second-order valence-electron chi connectivity index (χ2n) is 4.51. The molecule has 0 fully saturated rings. The number of nitrogens with one attached hydrogen (secondary N) is 2. The summed E-state index contributed by atoms with van der Waals surface area (Å²) < 4.78 is 13.6. The smallest absolute Gasteiger partial charge is 0.249 e. The Kier molecular flexibility index (Phi) is 2.37. The second-order valence-corrected chi connectivity index (χ2v) is 4.51. The van der Waals surface area contributed by atoms with Gasteiger partial charge in [0.05, 0.1) is 5.69 Å². The number of carbonyl (C=O) groups is 1. The van der Waals surface area contributed by atoms with Crippen molar-refractivity contribution in [2.24, 2.45) is 0 Å². The molecule has 0 saturated heterocycles. The molecule has 0 aromatic heterocycles. The highest BCUT2D eigenvalue weighted by Crippen LogP contribution is 2.36. The number of amides is 1. The maximum atomic E-state index is 13.6. The molecule has 4 heteroatoms. The number of benzene rings is 1. The third kappa shape index (κ3) is 1.54. The highest BCUT2D eigenvalue weighted by Gasteiger charge is 2.34. The summed E-state index contributed by atoms with van der Waals surface area (Å²) >= 11 is 0. The average molecular weight is 222 g/mol. The van der Waals surface area contributed by atoms with Gasteiger partial charge in [0.2, 0.25) is 5.91 Å². The maximum Gasteiger partial charge on any atom is 0.249 e. The quantitative estimate of drug-likeness (QED) is 0.766. The van der Waals surface area contributed by atoms with E-state index in [9.17, 15) is 9.18 Å². The summed E-state index contributed by atoms with van der Waals surface area (Å²) in [7, 11) is 0. The molecular weight excluding hydrogens is 207 g/mol. The molecule has 1 aliphatic rings. The molecule has 1 amide bonds. The Morgan fingerprint density at radius 2 is 2.00 bits per heavy atom. The van der Waals surface area contributed by atoms with Crippen LogP contribution in [0.4, 0.5) is 15.8 Å². The first kappa shape index (κ1) is 10.9. The SMILES string of the molecule is CCc1ccc(F)c2c1NC(C)(C)C(=O)N2. The predicted molar refractivity (Wildman–Crippen MR) is 62.1 cm³/mol. The fourth-order valence-electron chi connectivity index (χ4n) is 1.82. The molecule has 2 rings (SSSR count). The summed E-state index contributed by atoms with van der Waals surface area (Å²) in [5, 5.41) is 5.71. The highest BCUT2D eigenvalue weighted by molar-refractivity contribution is 6.06. The lowest BCUT2D eigenvalue weighted by molar-refractivity contribution is -0.119. The van der Waals surface area contributed by atoms with E-state index in [0.29, 0.717) is 5.69 Å². The number of fused-ring (bicyclic) bond motifs is 1. The molecule has 86 valence electrons. The van der Waals surface area contributed by atoms with Crippen molar-refractivity contribution in [2.45, 2.75) is 32.7 Å². The fraction of sp³-hybridized carbons (Fsp3) is 0.417. The fourth-order valence-corrected chi connectivity index (χ4v) is 1.82. The Bertz CT molecular complexity index is 455. The van der Waals surface area contributed by atoms with Gasteiger partial charge in [-0.05, 0) is 31.9 Å². The third-order valence-electron chi connectivity index (χ3n) is 2.87. The number of halogens is 1. The number of carbonyl (C=O) groups excluding carboxylic acids is 1. The van der Waals surface area contributed by atoms with E-state index >= 15 is 0 Å². The van der Waals surface area contributed by atoms with Crippen LogP contribution in [0.5, 0.6) is 0 Å². The van der Waals surface area contributed by atoms with Gasteiger partial charge in [0.25, 0.3) is 0 Å². The van der Waals surface area contributed by atoms with E-state index in [4.69, 9.17) is 0 Å². The van der Waals surface area contributed by atoms with Crippen LogP contribution >= 0.6 is 0 Å². The normalized spacial score (nSPS) is 17.4. The Hall–Kier alpha value is -1.58. The van der Waals surface area contributed by atoms with E-state index in [1.165, 1.54) is 6.07 Å². The van der Waals surface area contributed by atoms with Crippen molar-refractivity contribution >= 4 is 17.3 Å². The first-order chi connectivity index (χ1) is 7.45. The lowest BCUT2D eigenvalue weighted by Crippen LogP contribution is -2.48. The summed E-state index contributed by atoms with van der Waals surface area (Å²) in [6.45, 7) is 5.55. The standard InChI is InChI=1S/C12H15FN2O/c1-4-7-5-6-8(13)10-9(7)15-12(2,3)11(16)14-10/h5-6,15H,4H2,1-3H3,(H,14,16). The van der Waals surface area contributed by atoms with E-state index < -0.39 is 11.4 Å². The summed E-state index contributed by atoms with van der Waals surface area (Å²) in [5.41, 5.74) is 1.27. The first-order valence-electron chi connectivity index (χ1n) is 5.36. The van der Waals surface area contributed by atoms with E-state index in [2.05, 4.69) is 10.6 Å². The van der Waals surface area contributed by atoms with Gasteiger partial charge in [-0.25, -0.2) is 4.39 Å². The van der Waals surface area contributed by atoms with Crippen molar-refractivity contribution in [2.75, 3.05) is 10.6 Å². The van der Waals surface area contributed by atoms with Crippen LogP contribution in [0.1, 0.15) is 26.3 Å². The lowest BCUT2D eigenvalue weighted by atomic mass is 9.97. The molecule has 0 spiro atoms. The number of hydrogen-bond donors (Lipinski definition) is 2.